The largest absolute Gasteiger partial charge is 0.444 e. The first-order valence-corrected chi connectivity index (χ1v) is 3.92. The van der Waals surface area contributed by atoms with Gasteiger partial charge in [0.05, 0.1) is 0 Å². The van der Waals surface area contributed by atoms with Gasteiger partial charge in [0.1, 0.15) is 5.60 Å². The summed E-state index contributed by atoms with van der Waals surface area (Å²) in [6.07, 6.45) is -0.750. The maximum absolute atomic E-state index is 11.0. The molecule has 0 atom stereocenters. The summed E-state index contributed by atoms with van der Waals surface area (Å²) < 4.78 is 4.85. The first-order valence-electron chi connectivity index (χ1n) is 3.92. The van der Waals surface area contributed by atoms with Crippen molar-refractivity contribution in [2.24, 2.45) is 0 Å². The van der Waals surface area contributed by atoms with E-state index in [1.54, 1.807) is 20.8 Å². The van der Waals surface area contributed by atoms with E-state index in [0.29, 0.717) is 0 Å². The summed E-state index contributed by atoms with van der Waals surface area (Å²) in [5.41, 5.74) is -0.328. The molecule has 74 valence electrons. The van der Waals surface area contributed by atoms with Gasteiger partial charge >= 0.3 is 6.09 Å². The number of imide groups is 1. The number of nitrogens with one attached hydrogen (secondary N) is 1. The molecule has 1 N–H and O–H groups in total. The van der Waals surface area contributed by atoms with Crippen LogP contribution in [0, 0.1) is 0 Å². The summed E-state index contributed by atoms with van der Waals surface area (Å²) in [4.78, 5) is 21.9. The van der Waals surface area contributed by atoms with Crippen molar-refractivity contribution >= 4 is 12.0 Å². The lowest BCUT2D eigenvalue weighted by Crippen LogP contribution is -2.36. The summed E-state index contributed by atoms with van der Waals surface area (Å²) >= 11 is 0. The van der Waals surface area contributed by atoms with Crippen molar-refractivity contribution in [3.63, 3.8) is 0 Å². The highest BCUT2D eigenvalue weighted by molar-refractivity contribution is 6.01. The van der Waals surface area contributed by atoms with Crippen molar-refractivity contribution in [3.8, 4) is 0 Å². The van der Waals surface area contributed by atoms with E-state index in [1.807, 2.05) is 5.32 Å². The minimum Gasteiger partial charge on any atom is -0.444 e. The molecule has 4 heteroatoms. The van der Waals surface area contributed by atoms with Gasteiger partial charge in [-0.15, -0.1) is 0 Å². The van der Waals surface area contributed by atoms with Crippen LogP contribution in [-0.2, 0) is 9.53 Å². The minimum atomic E-state index is -0.750. The molecule has 0 fully saturated rings. The lowest BCUT2D eigenvalue weighted by Gasteiger charge is -2.19. The monoisotopic (exact) mass is 185 g/mol. The lowest BCUT2D eigenvalue weighted by molar-refractivity contribution is -0.117. The van der Waals surface area contributed by atoms with Crippen LogP contribution in [0.4, 0.5) is 4.79 Å². The average molecular weight is 185 g/mol. The lowest BCUT2D eigenvalue weighted by atomic mass is 10.2. The molecule has 0 aliphatic rings. The van der Waals surface area contributed by atoms with Crippen LogP contribution < -0.4 is 5.32 Å². The highest BCUT2D eigenvalue weighted by Gasteiger charge is 2.17. The third kappa shape index (κ3) is 5.90. The number of carbonyl (C=O) groups is 2. The fourth-order valence-corrected chi connectivity index (χ4v) is 0.503. The van der Waals surface area contributed by atoms with Gasteiger partial charge in [0.15, 0.2) is 0 Å². The molecule has 0 aromatic rings. The van der Waals surface area contributed by atoms with Gasteiger partial charge in [0, 0.05) is 5.57 Å². The van der Waals surface area contributed by atoms with Crippen molar-refractivity contribution in [2.45, 2.75) is 33.3 Å². The Morgan fingerprint density at radius 2 is 1.77 bits per heavy atom. The van der Waals surface area contributed by atoms with E-state index in [4.69, 9.17) is 4.74 Å². The molecule has 0 unspecified atom stereocenters. The van der Waals surface area contributed by atoms with Gasteiger partial charge < -0.3 is 4.74 Å². The fraction of sp³-hybridized carbons (Fsp3) is 0.556. The zero-order chi connectivity index (χ0) is 10.6. The molecule has 0 aliphatic heterocycles. The van der Waals surface area contributed by atoms with E-state index in [9.17, 15) is 9.59 Å². The van der Waals surface area contributed by atoms with Crippen molar-refractivity contribution in [3.05, 3.63) is 12.2 Å². The second kappa shape index (κ2) is 4.07. The Labute approximate surface area is 78.0 Å². The third-order valence-electron chi connectivity index (χ3n) is 1.00. The molecular weight excluding hydrogens is 170 g/mol. The van der Waals surface area contributed by atoms with Gasteiger partial charge in [0.2, 0.25) is 0 Å². The van der Waals surface area contributed by atoms with Gasteiger partial charge in [-0.3, -0.25) is 10.1 Å². The van der Waals surface area contributed by atoms with Crippen LogP contribution in [0.25, 0.3) is 0 Å². The topological polar surface area (TPSA) is 55.4 Å². The number of amides is 2. The minimum absolute atomic E-state index is 0.269. The van der Waals surface area contributed by atoms with Crippen LogP contribution in [0.1, 0.15) is 27.7 Å². The van der Waals surface area contributed by atoms with E-state index >= 15 is 0 Å². The van der Waals surface area contributed by atoms with Gasteiger partial charge in [0.25, 0.3) is 5.91 Å². The second-order valence-electron chi connectivity index (χ2n) is 3.74. The predicted octanol–water partition coefficient (Wildman–Crippen LogP) is 1.61. The van der Waals surface area contributed by atoms with Crippen molar-refractivity contribution in [1.82, 2.24) is 5.32 Å². The van der Waals surface area contributed by atoms with E-state index in [-0.39, 0.29) is 5.57 Å². The predicted molar refractivity (Wildman–Crippen MR) is 49.2 cm³/mol. The number of hydrogen-bond donors (Lipinski definition) is 1. The molecule has 0 saturated heterocycles. The summed E-state index contributed by atoms with van der Waals surface area (Å²) in [5.74, 6) is -0.519. The summed E-state index contributed by atoms with van der Waals surface area (Å²) in [7, 11) is 0. The van der Waals surface area contributed by atoms with Crippen LogP contribution in [0.2, 0.25) is 0 Å². The molecule has 0 radical (unpaired) electrons. The molecule has 13 heavy (non-hydrogen) atoms. The maximum Gasteiger partial charge on any atom is 0.414 e. The van der Waals surface area contributed by atoms with Crippen LogP contribution in [-0.4, -0.2) is 17.6 Å². The Hall–Kier alpha value is -1.32. The van der Waals surface area contributed by atoms with E-state index in [0.717, 1.165) is 0 Å². The molecule has 0 aromatic heterocycles. The highest BCUT2D eigenvalue weighted by Crippen LogP contribution is 2.06. The third-order valence-corrected chi connectivity index (χ3v) is 1.00. The quantitative estimate of drug-likeness (QED) is 0.631. The molecule has 0 saturated carbocycles. The van der Waals surface area contributed by atoms with Crippen LogP contribution in [0.15, 0.2) is 12.2 Å². The number of hydrogen-bond acceptors (Lipinski definition) is 3. The standard InChI is InChI=1S/C9H15NO3/c1-6(2)7(11)10-8(12)13-9(3,4)5/h1H2,2-5H3,(H,10,11,12). The number of alkyl carbamates (subject to hydrolysis) is 1. The molecule has 0 spiro atoms. The fourth-order valence-electron chi connectivity index (χ4n) is 0.503. The Kier molecular flexibility index (Phi) is 3.66. The molecular formula is C9H15NO3. The number of ether oxygens (including phenoxy) is 1. The second-order valence-corrected chi connectivity index (χ2v) is 3.74. The van der Waals surface area contributed by atoms with Gasteiger partial charge in [-0.05, 0) is 27.7 Å². The van der Waals surface area contributed by atoms with Gasteiger partial charge in [-0.1, -0.05) is 6.58 Å². The highest BCUT2D eigenvalue weighted by atomic mass is 16.6. The van der Waals surface area contributed by atoms with Crippen LogP contribution in [0.3, 0.4) is 0 Å². The van der Waals surface area contributed by atoms with Crippen molar-refractivity contribution < 1.29 is 14.3 Å². The van der Waals surface area contributed by atoms with Crippen LogP contribution >= 0.6 is 0 Å². The Morgan fingerprint density at radius 1 is 1.31 bits per heavy atom. The average Bonchev–Trinajstić information content (AvgIpc) is 1.81. The van der Waals surface area contributed by atoms with E-state index < -0.39 is 17.6 Å². The normalized spacial score (nSPS) is 10.5. The zero-order valence-corrected chi connectivity index (χ0v) is 8.43. The molecule has 0 rings (SSSR count). The Bertz CT molecular complexity index is 238. The first-order chi connectivity index (χ1) is 5.72. The summed E-state index contributed by atoms with van der Waals surface area (Å²) in [6.45, 7) is 10.1. The van der Waals surface area contributed by atoms with E-state index in [1.165, 1.54) is 6.92 Å². The Morgan fingerprint density at radius 3 is 2.08 bits per heavy atom. The Balaban J connectivity index is 4.04. The zero-order valence-electron chi connectivity index (χ0n) is 8.43. The first kappa shape index (κ1) is 11.7. The molecule has 0 bridgehead atoms. The SMILES string of the molecule is C=C(C)C(=O)NC(=O)OC(C)(C)C. The summed E-state index contributed by atoms with van der Waals surface area (Å²) in [6, 6.07) is 0. The smallest absolute Gasteiger partial charge is 0.414 e. The number of rotatable bonds is 1. The van der Waals surface area contributed by atoms with Crippen LogP contribution in [0.5, 0.6) is 0 Å². The summed E-state index contributed by atoms with van der Waals surface area (Å²) in [5, 5.41) is 2.04. The van der Waals surface area contributed by atoms with E-state index in [2.05, 4.69) is 6.58 Å². The van der Waals surface area contributed by atoms with Gasteiger partial charge in [-0.2, -0.15) is 0 Å². The molecule has 4 nitrogen and oxygen atoms in total. The number of carbonyl (C=O) groups excluding carboxylic acids is 2. The maximum atomic E-state index is 11.0. The molecule has 0 heterocycles. The molecule has 2 amide bonds. The van der Waals surface area contributed by atoms with Crippen molar-refractivity contribution in [1.29, 1.82) is 0 Å². The molecule has 0 aliphatic carbocycles. The van der Waals surface area contributed by atoms with Crippen molar-refractivity contribution in [2.75, 3.05) is 0 Å². The van der Waals surface area contributed by atoms with Gasteiger partial charge in [-0.25, -0.2) is 4.79 Å². The molecule has 0 aromatic carbocycles.